The molecule has 0 saturated carbocycles. The molecule has 0 aliphatic rings. The molecule has 0 radical (unpaired) electrons. The summed E-state index contributed by atoms with van der Waals surface area (Å²) < 4.78 is 2.05. The fourth-order valence-electron chi connectivity index (χ4n) is 3.33. The molecule has 4 nitrogen and oxygen atoms in total. The molecule has 0 spiro atoms. The number of carbonyl (C=O) groups is 1. The second kappa shape index (κ2) is 9.60. The first-order valence-electron chi connectivity index (χ1n) is 9.89. The summed E-state index contributed by atoms with van der Waals surface area (Å²) in [5.41, 5.74) is 2.14. The Bertz CT molecular complexity index is 1600. The van der Waals surface area contributed by atoms with E-state index in [1.165, 1.54) is 4.57 Å². The lowest BCUT2D eigenvalue weighted by molar-refractivity contribution is 0.105. The number of benzene rings is 3. The van der Waals surface area contributed by atoms with Gasteiger partial charge in [-0.05, 0) is 48.4 Å². The van der Waals surface area contributed by atoms with Crippen molar-refractivity contribution in [2.24, 2.45) is 0 Å². The van der Waals surface area contributed by atoms with Gasteiger partial charge in [-0.1, -0.05) is 71.7 Å². The van der Waals surface area contributed by atoms with Gasteiger partial charge >= 0.3 is 0 Å². The van der Waals surface area contributed by atoms with Gasteiger partial charge in [0.25, 0.3) is 5.56 Å². The lowest BCUT2D eigenvalue weighted by atomic mass is 10.1. The molecule has 162 valence electrons. The van der Waals surface area contributed by atoms with Crippen molar-refractivity contribution < 1.29 is 4.79 Å². The van der Waals surface area contributed by atoms with Crippen molar-refractivity contribution >= 4 is 52.0 Å². The zero-order valence-electron chi connectivity index (χ0n) is 17.4. The summed E-state index contributed by atoms with van der Waals surface area (Å²) in [6.07, 6.45) is 1.67. The number of halogens is 2. The monoisotopic (exact) mass is 490 g/mol. The number of ketones is 1. The maximum atomic E-state index is 13.5. The molecule has 3 aromatic carbocycles. The van der Waals surface area contributed by atoms with Crippen LogP contribution in [-0.4, -0.2) is 10.4 Å². The van der Waals surface area contributed by atoms with E-state index < -0.39 is 5.78 Å². The predicted octanol–water partition coefficient (Wildman–Crippen LogP) is 4.90. The number of nitriles is 1. The highest BCUT2D eigenvalue weighted by Gasteiger charge is 2.18. The highest BCUT2D eigenvalue weighted by atomic mass is 35.5. The lowest BCUT2D eigenvalue weighted by Gasteiger charge is -2.05. The molecule has 1 heterocycles. The van der Waals surface area contributed by atoms with Crippen molar-refractivity contribution in [1.82, 2.24) is 4.57 Å². The van der Waals surface area contributed by atoms with E-state index in [0.717, 1.165) is 16.9 Å². The molecule has 0 aliphatic heterocycles. The van der Waals surface area contributed by atoms with Crippen molar-refractivity contribution in [1.29, 1.82) is 5.26 Å². The summed E-state index contributed by atoms with van der Waals surface area (Å²) in [4.78, 5) is 26.7. The minimum Gasteiger partial charge on any atom is -0.288 e. The van der Waals surface area contributed by atoms with Crippen LogP contribution in [0.4, 0.5) is 0 Å². The lowest BCUT2D eigenvalue weighted by Crippen LogP contribution is -2.31. The average molecular weight is 491 g/mol. The minimum absolute atomic E-state index is 0.0985. The van der Waals surface area contributed by atoms with Crippen LogP contribution in [0.2, 0.25) is 10.0 Å². The maximum absolute atomic E-state index is 13.5. The Balaban J connectivity index is 2.07. The molecule has 1 aromatic heterocycles. The van der Waals surface area contributed by atoms with E-state index in [1.807, 2.05) is 31.2 Å². The molecule has 33 heavy (non-hydrogen) atoms. The van der Waals surface area contributed by atoms with Crippen LogP contribution < -0.4 is 14.8 Å². The van der Waals surface area contributed by atoms with Gasteiger partial charge in [0.1, 0.15) is 16.3 Å². The summed E-state index contributed by atoms with van der Waals surface area (Å²) in [5, 5.41) is 10.7. The van der Waals surface area contributed by atoms with Crippen LogP contribution in [-0.2, 0) is 0 Å². The Hall–Kier alpha value is -3.43. The van der Waals surface area contributed by atoms with E-state index in [9.17, 15) is 14.9 Å². The molecule has 0 N–H and O–H groups in total. The van der Waals surface area contributed by atoms with E-state index >= 15 is 0 Å². The summed E-state index contributed by atoms with van der Waals surface area (Å²) in [6, 6.07) is 23.0. The fraction of sp³-hybridized carbons (Fsp3) is 0.0385. The Morgan fingerprint density at radius 1 is 1.00 bits per heavy atom. The molecule has 0 atom stereocenters. The van der Waals surface area contributed by atoms with Gasteiger partial charge in [0, 0.05) is 5.56 Å². The zero-order chi connectivity index (χ0) is 23.5. The van der Waals surface area contributed by atoms with Crippen LogP contribution >= 0.6 is 34.5 Å². The van der Waals surface area contributed by atoms with Crippen LogP contribution in [0.1, 0.15) is 21.5 Å². The minimum atomic E-state index is -0.443. The highest BCUT2D eigenvalue weighted by Crippen LogP contribution is 2.22. The number of hydrogen-bond acceptors (Lipinski definition) is 4. The normalized spacial score (nSPS) is 12.4. The van der Waals surface area contributed by atoms with Crippen molar-refractivity contribution in [2.45, 2.75) is 6.92 Å². The SMILES string of the molecule is Cc1cccc(-n2c(=C(C#N)C(=O)c3ccccc3)sc(=Cc3ccc(Cl)c(Cl)c3)c2=O)c1. The number of Topliss-reactive ketones (excluding diaryl/α,β-unsaturated/α-hetero) is 1. The molecule has 4 aromatic rings. The second-order valence-electron chi connectivity index (χ2n) is 7.25. The van der Waals surface area contributed by atoms with Crippen LogP contribution in [0.25, 0.3) is 17.3 Å². The van der Waals surface area contributed by atoms with E-state index in [1.54, 1.807) is 60.7 Å². The number of aryl methyl sites for hydroxylation is 1. The van der Waals surface area contributed by atoms with Crippen LogP contribution in [0, 0.1) is 18.3 Å². The number of carbonyl (C=O) groups excluding carboxylic acids is 1. The summed E-state index contributed by atoms with van der Waals surface area (Å²) in [7, 11) is 0. The van der Waals surface area contributed by atoms with Crippen LogP contribution in [0.5, 0.6) is 0 Å². The molecular formula is C26H16Cl2N2O2S. The molecule has 0 aliphatic carbocycles. The zero-order valence-corrected chi connectivity index (χ0v) is 19.7. The van der Waals surface area contributed by atoms with Gasteiger partial charge in [-0.15, -0.1) is 11.3 Å². The molecule has 4 rings (SSSR count). The molecule has 0 fully saturated rings. The first-order valence-corrected chi connectivity index (χ1v) is 11.5. The van der Waals surface area contributed by atoms with Gasteiger partial charge in [-0.25, -0.2) is 0 Å². The molecule has 7 heteroatoms. The van der Waals surface area contributed by atoms with E-state index in [-0.39, 0.29) is 15.8 Å². The van der Waals surface area contributed by atoms with Crippen LogP contribution in [0.3, 0.4) is 0 Å². The van der Waals surface area contributed by atoms with Gasteiger partial charge < -0.3 is 0 Å². The Morgan fingerprint density at radius 2 is 1.76 bits per heavy atom. The fourth-order valence-corrected chi connectivity index (χ4v) is 4.74. The largest absolute Gasteiger partial charge is 0.288 e. The number of hydrogen-bond donors (Lipinski definition) is 0. The first-order chi connectivity index (χ1) is 15.9. The second-order valence-corrected chi connectivity index (χ2v) is 9.10. The smallest absolute Gasteiger partial charge is 0.273 e. The van der Waals surface area contributed by atoms with Gasteiger partial charge in [0.2, 0.25) is 5.78 Å². The van der Waals surface area contributed by atoms with Gasteiger partial charge in [0.05, 0.1) is 20.3 Å². The van der Waals surface area contributed by atoms with Gasteiger partial charge in [0.15, 0.2) is 0 Å². The molecule has 0 bridgehead atoms. The summed E-state index contributed by atoms with van der Waals surface area (Å²) in [5.74, 6) is -0.443. The summed E-state index contributed by atoms with van der Waals surface area (Å²) >= 11 is 13.2. The third kappa shape index (κ3) is 4.69. The topological polar surface area (TPSA) is 62.9 Å². The Morgan fingerprint density at radius 3 is 2.42 bits per heavy atom. The Labute approximate surface area is 203 Å². The number of nitrogens with zero attached hydrogens (tertiary/aromatic N) is 2. The third-order valence-corrected chi connectivity index (χ3v) is 6.75. The van der Waals surface area contributed by atoms with E-state index in [4.69, 9.17) is 23.2 Å². The third-order valence-electron chi connectivity index (χ3n) is 4.91. The first kappa shape index (κ1) is 22.8. The number of aromatic nitrogens is 1. The summed E-state index contributed by atoms with van der Waals surface area (Å²) in [6.45, 7) is 1.91. The quantitative estimate of drug-likeness (QED) is 0.382. The average Bonchev–Trinajstić information content (AvgIpc) is 3.12. The standard InChI is InChI=1S/C26H16Cl2N2O2S/c1-16-6-5-9-19(12-16)30-25(32)23(14-17-10-11-21(27)22(28)13-17)33-26(30)20(15-29)24(31)18-7-3-2-4-8-18/h2-14H,1H3. The maximum Gasteiger partial charge on any atom is 0.273 e. The predicted molar refractivity (Wildman–Crippen MR) is 134 cm³/mol. The number of thiazole rings is 1. The van der Waals surface area contributed by atoms with Crippen LogP contribution in [0.15, 0.2) is 77.6 Å². The molecule has 0 amide bonds. The van der Waals surface area contributed by atoms with Crippen molar-refractivity contribution in [3.05, 3.63) is 119 Å². The Kier molecular flexibility index (Phi) is 6.62. The number of rotatable bonds is 4. The van der Waals surface area contributed by atoms with E-state index in [2.05, 4.69) is 0 Å². The van der Waals surface area contributed by atoms with Crippen molar-refractivity contribution in [3.8, 4) is 11.8 Å². The molecular weight excluding hydrogens is 475 g/mol. The van der Waals surface area contributed by atoms with Gasteiger partial charge in [-0.3, -0.25) is 14.2 Å². The van der Waals surface area contributed by atoms with Crippen molar-refractivity contribution in [3.63, 3.8) is 0 Å². The molecule has 0 unspecified atom stereocenters. The van der Waals surface area contributed by atoms with Crippen molar-refractivity contribution in [2.75, 3.05) is 0 Å². The molecule has 0 saturated heterocycles. The van der Waals surface area contributed by atoms with Gasteiger partial charge in [-0.2, -0.15) is 5.26 Å². The van der Waals surface area contributed by atoms with E-state index in [0.29, 0.717) is 31.4 Å². The highest BCUT2D eigenvalue weighted by molar-refractivity contribution is 7.07.